The molecule has 4 aromatic rings. The lowest BCUT2D eigenvalue weighted by molar-refractivity contribution is 0.105. The van der Waals surface area contributed by atoms with Crippen LogP contribution in [-0.4, -0.2) is 5.78 Å². The molecule has 128 valence electrons. The third-order valence-electron chi connectivity index (χ3n) is 4.50. The standard InChI is InChI=1S/C23H15N3O/c24-26-25-19-12-9-16(10-13-19)11-14-22(27)23-20-7-3-1-5-17(20)15-18-6-2-4-8-21(18)23/h1-15H/b14-11+. The highest BCUT2D eigenvalue weighted by Crippen LogP contribution is 2.29. The normalized spacial score (nSPS) is 11.0. The number of hydrogen-bond acceptors (Lipinski definition) is 2. The highest BCUT2D eigenvalue weighted by Gasteiger charge is 2.12. The molecule has 0 amide bonds. The minimum atomic E-state index is -0.0397. The maximum absolute atomic E-state index is 13.1. The highest BCUT2D eigenvalue weighted by atomic mass is 16.1. The Morgan fingerprint density at radius 1 is 0.852 bits per heavy atom. The lowest BCUT2D eigenvalue weighted by Crippen LogP contribution is -1.98. The largest absolute Gasteiger partial charge is 0.289 e. The summed E-state index contributed by atoms with van der Waals surface area (Å²) < 4.78 is 0. The summed E-state index contributed by atoms with van der Waals surface area (Å²) in [7, 11) is 0. The molecule has 27 heavy (non-hydrogen) atoms. The monoisotopic (exact) mass is 349 g/mol. The van der Waals surface area contributed by atoms with Crippen LogP contribution in [0.25, 0.3) is 38.1 Å². The van der Waals surface area contributed by atoms with Gasteiger partial charge < -0.3 is 0 Å². The zero-order chi connectivity index (χ0) is 18.6. The van der Waals surface area contributed by atoms with Gasteiger partial charge in [-0.3, -0.25) is 4.79 Å². The molecule has 0 aliphatic rings. The summed E-state index contributed by atoms with van der Waals surface area (Å²) in [5, 5.41) is 7.54. The molecule has 0 aromatic heterocycles. The average molecular weight is 349 g/mol. The molecule has 4 rings (SSSR count). The van der Waals surface area contributed by atoms with Crippen molar-refractivity contribution in [3.05, 3.63) is 107 Å². The van der Waals surface area contributed by atoms with Crippen LogP contribution in [0, 0.1) is 0 Å². The van der Waals surface area contributed by atoms with Gasteiger partial charge in [-0.25, -0.2) is 0 Å². The Bertz CT molecular complexity index is 1180. The van der Waals surface area contributed by atoms with Crippen LogP contribution < -0.4 is 0 Å². The van der Waals surface area contributed by atoms with Crippen LogP contribution in [0.5, 0.6) is 0 Å². The van der Waals surface area contributed by atoms with Crippen molar-refractivity contribution in [3.8, 4) is 0 Å². The van der Waals surface area contributed by atoms with Gasteiger partial charge >= 0.3 is 0 Å². The predicted octanol–water partition coefficient (Wildman–Crippen LogP) is 6.83. The summed E-state index contributed by atoms with van der Waals surface area (Å²) in [6.07, 6.45) is 3.37. The summed E-state index contributed by atoms with van der Waals surface area (Å²) in [6, 6.07) is 25.1. The molecule has 0 bridgehead atoms. The van der Waals surface area contributed by atoms with Gasteiger partial charge in [-0.15, -0.1) is 0 Å². The van der Waals surface area contributed by atoms with E-state index in [0.29, 0.717) is 11.3 Å². The molecule has 0 saturated carbocycles. The van der Waals surface area contributed by atoms with Crippen molar-refractivity contribution in [3.63, 3.8) is 0 Å². The van der Waals surface area contributed by atoms with E-state index >= 15 is 0 Å². The maximum atomic E-state index is 13.1. The van der Waals surface area contributed by atoms with E-state index in [1.165, 1.54) is 0 Å². The number of allylic oxidation sites excluding steroid dienone is 1. The van der Waals surface area contributed by atoms with E-state index in [4.69, 9.17) is 5.53 Å². The van der Waals surface area contributed by atoms with E-state index in [9.17, 15) is 4.79 Å². The molecule has 0 aliphatic heterocycles. The summed E-state index contributed by atoms with van der Waals surface area (Å²) in [5.74, 6) is -0.0397. The molecule has 0 fully saturated rings. The van der Waals surface area contributed by atoms with Crippen LogP contribution in [0.4, 0.5) is 5.69 Å². The Kier molecular flexibility index (Phi) is 4.40. The SMILES string of the molecule is [N-]=[N+]=Nc1ccc(/C=C/C(=O)c2c3ccccc3cc3ccccc23)cc1. The van der Waals surface area contributed by atoms with E-state index in [1.54, 1.807) is 24.3 Å². The van der Waals surface area contributed by atoms with Gasteiger partial charge in [-0.1, -0.05) is 84.0 Å². The Balaban J connectivity index is 1.78. The van der Waals surface area contributed by atoms with Crippen molar-refractivity contribution in [2.24, 2.45) is 5.11 Å². The maximum Gasteiger partial charge on any atom is 0.187 e. The zero-order valence-electron chi connectivity index (χ0n) is 14.4. The van der Waals surface area contributed by atoms with Crippen LogP contribution in [-0.2, 0) is 0 Å². The Hall–Kier alpha value is -3.88. The van der Waals surface area contributed by atoms with Crippen LogP contribution >= 0.6 is 0 Å². The second kappa shape index (κ2) is 7.16. The fourth-order valence-electron chi connectivity index (χ4n) is 3.24. The third-order valence-corrected chi connectivity index (χ3v) is 4.50. The smallest absolute Gasteiger partial charge is 0.187 e. The Morgan fingerprint density at radius 3 is 2.04 bits per heavy atom. The van der Waals surface area contributed by atoms with Crippen molar-refractivity contribution in [1.29, 1.82) is 0 Å². The first-order valence-corrected chi connectivity index (χ1v) is 8.54. The van der Waals surface area contributed by atoms with E-state index in [0.717, 1.165) is 27.1 Å². The fourth-order valence-corrected chi connectivity index (χ4v) is 3.24. The van der Waals surface area contributed by atoms with Crippen LogP contribution in [0.15, 0.2) is 90.1 Å². The van der Waals surface area contributed by atoms with Crippen molar-refractivity contribution in [2.45, 2.75) is 0 Å². The van der Waals surface area contributed by atoms with Crippen molar-refractivity contribution in [1.82, 2.24) is 0 Å². The van der Waals surface area contributed by atoms with Gasteiger partial charge in [0, 0.05) is 16.2 Å². The first kappa shape index (κ1) is 16.6. The van der Waals surface area contributed by atoms with Gasteiger partial charge in [-0.05, 0) is 44.8 Å². The molecule has 4 nitrogen and oxygen atoms in total. The van der Waals surface area contributed by atoms with E-state index in [1.807, 2.05) is 60.7 Å². The molecule has 0 radical (unpaired) electrons. The molecule has 0 atom stereocenters. The number of benzene rings is 4. The number of ketones is 1. The molecule has 4 aromatic carbocycles. The summed E-state index contributed by atoms with van der Waals surface area (Å²) in [5.41, 5.74) is 10.6. The molecular formula is C23H15N3O. The predicted molar refractivity (Wildman–Crippen MR) is 110 cm³/mol. The topological polar surface area (TPSA) is 65.8 Å². The van der Waals surface area contributed by atoms with Crippen molar-refractivity contribution < 1.29 is 4.79 Å². The first-order chi connectivity index (χ1) is 13.3. The Morgan fingerprint density at radius 2 is 1.44 bits per heavy atom. The minimum Gasteiger partial charge on any atom is -0.289 e. The minimum absolute atomic E-state index is 0.0397. The summed E-state index contributed by atoms with van der Waals surface area (Å²) >= 11 is 0. The number of carbonyl (C=O) groups is 1. The van der Waals surface area contributed by atoms with Gasteiger partial charge in [0.15, 0.2) is 5.78 Å². The van der Waals surface area contributed by atoms with Crippen LogP contribution in [0.3, 0.4) is 0 Å². The van der Waals surface area contributed by atoms with Gasteiger partial charge in [0.05, 0.1) is 0 Å². The number of carbonyl (C=O) groups excluding carboxylic acids is 1. The molecule has 0 unspecified atom stereocenters. The molecule has 4 heteroatoms. The summed E-state index contributed by atoms with van der Waals surface area (Å²) in [4.78, 5) is 15.8. The molecule has 0 heterocycles. The summed E-state index contributed by atoms with van der Waals surface area (Å²) in [6.45, 7) is 0. The molecule has 0 N–H and O–H groups in total. The Labute approximate surface area is 156 Å². The number of azide groups is 1. The second-order valence-electron chi connectivity index (χ2n) is 6.17. The fraction of sp³-hybridized carbons (Fsp3) is 0. The van der Waals surface area contributed by atoms with Crippen LogP contribution in [0.1, 0.15) is 15.9 Å². The van der Waals surface area contributed by atoms with E-state index in [2.05, 4.69) is 16.1 Å². The highest BCUT2D eigenvalue weighted by molar-refractivity contribution is 6.23. The van der Waals surface area contributed by atoms with Crippen LogP contribution in [0.2, 0.25) is 0 Å². The molecule has 0 saturated heterocycles. The van der Waals surface area contributed by atoms with E-state index in [-0.39, 0.29) is 5.78 Å². The lowest BCUT2D eigenvalue weighted by atomic mass is 9.94. The number of hydrogen-bond donors (Lipinski definition) is 0. The third kappa shape index (κ3) is 3.30. The molecule has 0 aliphatic carbocycles. The van der Waals surface area contributed by atoms with Gasteiger partial charge in [0.1, 0.15) is 0 Å². The second-order valence-corrected chi connectivity index (χ2v) is 6.17. The van der Waals surface area contributed by atoms with Crippen molar-refractivity contribution >= 4 is 39.1 Å². The van der Waals surface area contributed by atoms with E-state index < -0.39 is 0 Å². The lowest BCUT2D eigenvalue weighted by Gasteiger charge is -2.09. The molecular weight excluding hydrogens is 334 g/mol. The number of rotatable bonds is 4. The van der Waals surface area contributed by atoms with Gasteiger partial charge in [-0.2, -0.15) is 0 Å². The van der Waals surface area contributed by atoms with Gasteiger partial charge in [0.2, 0.25) is 0 Å². The van der Waals surface area contributed by atoms with Crippen molar-refractivity contribution in [2.75, 3.05) is 0 Å². The first-order valence-electron chi connectivity index (χ1n) is 8.54. The number of fused-ring (bicyclic) bond motifs is 2. The number of nitrogens with zero attached hydrogens (tertiary/aromatic N) is 3. The quantitative estimate of drug-likeness (QED) is 0.0994. The average Bonchev–Trinajstić information content (AvgIpc) is 2.71. The molecule has 0 spiro atoms. The zero-order valence-corrected chi connectivity index (χ0v) is 14.4. The van der Waals surface area contributed by atoms with Gasteiger partial charge in [0.25, 0.3) is 0 Å².